The standard InChI is InChI=1S/C20H27ClN2O4/c1-13(24)22-6-5-16-14(11-22)9-15(21)10-17(16)18-12-26-8-7-23(18)19(25)27-20(2,3)4/h9-10,18H,5-8,11-12H2,1-4H3. The van der Waals surface area contributed by atoms with Gasteiger partial charge in [-0.05, 0) is 56.0 Å². The lowest BCUT2D eigenvalue weighted by Crippen LogP contribution is -2.46. The van der Waals surface area contributed by atoms with E-state index in [0.29, 0.717) is 37.9 Å². The molecule has 1 aromatic rings. The fourth-order valence-electron chi connectivity index (χ4n) is 3.66. The molecule has 2 aliphatic heterocycles. The summed E-state index contributed by atoms with van der Waals surface area (Å²) in [6.45, 7) is 9.72. The number of carbonyl (C=O) groups is 2. The number of carbonyl (C=O) groups excluding carboxylic acids is 2. The van der Waals surface area contributed by atoms with Crippen molar-refractivity contribution in [3.8, 4) is 0 Å². The molecule has 1 atom stereocenters. The number of ether oxygens (including phenoxy) is 2. The van der Waals surface area contributed by atoms with Crippen LogP contribution in [0.1, 0.15) is 50.4 Å². The molecule has 2 heterocycles. The number of hydrogen-bond donors (Lipinski definition) is 0. The Hall–Kier alpha value is -1.79. The molecule has 1 saturated heterocycles. The van der Waals surface area contributed by atoms with E-state index in [9.17, 15) is 9.59 Å². The molecule has 0 bridgehead atoms. The lowest BCUT2D eigenvalue weighted by molar-refractivity contribution is -0.129. The molecule has 0 aliphatic carbocycles. The van der Waals surface area contributed by atoms with E-state index in [0.717, 1.165) is 23.1 Å². The van der Waals surface area contributed by atoms with Crippen LogP contribution in [0.3, 0.4) is 0 Å². The summed E-state index contributed by atoms with van der Waals surface area (Å²) >= 11 is 6.38. The molecule has 7 heteroatoms. The molecule has 2 aliphatic rings. The van der Waals surface area contributed by atoms with Crippen LogP contribution in [0.2, 0.25) is 5.02 Å². The summed E-state index contributed by atoms with van der Waals surface area (Å²) in [4.78, 5) is 28.1. The van der Waals surface area contributed by atoms with Gasteiger partial charge in [-0.2, -0.15) is 0 Å². The molecule has 0 spiro atoms. The molecule has 1 aromatic carbocycles. The van der Waals surface area contributed by atoms with Crippen molar-refractivity contribution >= 4 is 23.6 Å². The van der Waals surface area contributed by atoms with E-state index in [4.69, 9.17) is 21.1 Å². The average Bonchev–Trinajstić information content (AvgIpc) is 2.58. The van der Waals surface area contributed by atoms with Crippen molar-refractivity contribution in [2.24, 2.45) is 0 Å². The van der Waals surface area contributed by atoms with Crippen molar-refractivity contribution in [2.75, 3.05) is 26.3 Å². The van der Waals surface area contributed by atoms with E-state index < -0.39 is 5.60 Å². The normalized spacial score (nSPS) is 20.3. The Labute approximate surface area is 165 Å². The van der Waals surface area contributed by atoms with Gasteiger partial charge < -0.3 is 14.4 Å². The van der Waals surface area contributed by atoms with Crippen LogP contribution in [-0.4, -0.2) is 53.7 Å². The maximum Gasteiger partial charge on any atom is 0.410 e. The second kappa shape index (κ2) is 7.68. The van der Waals surface area contributed by atoms with Crippen LogP contribution in [0.4, 0.5) is 4.79 Å². The third-order valence-electron chi connectivity index (χ3n) is 4.90. The molecule has 2 amide bonds. The summed E-state index contributed by atoms with van der Waals surface area (Å²) in [7, 11) is 0. The van der Waals surface area contributed by atoms with Crippen LogP contribution in [0.5, 0.6) is 0 Å². The second-order valence-electron chi connectivity index (χ2n) is 8.09. The lowest BCUT2D eigenvalue weighted by Gasteiger charge is -2.39. The molecule has 0 aromatic heterocycles. The zero-order valence-corrected chi connectivity index (χ0v) is 17.1. The van der Waals surface area contributed by atoms with E-state index in [1.165, 1.54) is 0 Å². The molecule has 27 heavy (non-hydrogen) atoms. The Kier molecular flexibility index (Phi) is 5.68. The number of amides is 2. The monoisotopic (exact) mass is 394 g/mol. The first-order valence-corrected chi connectivity index (χ1v) is 9.67. The summed E-state index contributed by atoms with van der Waals surface area (Å²) in [5.74, 6) is 0.0542. The Bertz CT molecular complexity index is 744. The van der Waals surface area contributed by atoms with Crippen LogP contribution in [0, 0.1) is 0 Å². The predicted octanol–water partition coefficient (Wildman–Crippen LogP) is 3.55. The number of rotatable bonds is 1. The summed E-state index contributed by atoms with van der Waals surface area (Å²) < 4.78 is 11.3. The van der Waals surface area contributed by atoms with Gasteiger partial charge in [0.2, 0.25) is 5.91 Å². The Balaban J connectivity index is 1.94. The zero-order valence-electron chi connectivity index (χ0n) is 16.4. The number of morpholine rings is 1. The van der Waals surface area contributed by atoms with Gasteiger partial charge in [0.25, 0.3) is 0 Å². The van der Waals surface area contributed by atoms with Crippen LogP contribution >= 0.6 is 11.6 Å². The van der Waals surface area contributed by atoms with Gasteiger partial charge in [0.1, 0.15) is 5.60 Å². The third kappa shape index (κ3) is 4.55. The smallest absolute Gasteiger partial charge is 0.410 e. The topological polar surface area (TPSA) is 59.1 Å². The first-order valence-electron chi connectivity index (χ1n) is 9.30. The minimum absolute atomic E-state index is 0.0542. The zero-order chi connectivity index (χ0) is 19.8. The molecule has 3 rings (SSSR count). The van der Waals surface area contributed by atoms with E-state index >= 15 is 0 Å². The van der Waals surface area contributed by atoms with E-state index in [1.54, 1.807) is 11.8 Å². The summed E-state index contributed by atoms with van der Waals surface area (Å²) in [6.07, 6.45) is 0.394. The Morgan fingerprint density at radius 1 is 1.26 bits per heavy atom. The fourth-order valence-corrected chi connectivity index (χ4v) is 3.91. The van der Waals surface area contributed by atoms with Gasteiger partial charge in [-0.1, -0.05) is 11.6 Å². The predicted molar refractivity (Wildman–Crippen MR) is 103 cm³/mol. The molecule has 0 saturated carbocycles. The van der Waals surface area contributed by atoms with Crippen molar-refractivity contribution in [2.45, 2.75) is 52.3 Å². The van der Waals surface area contributed by atoms with Gasteiger partial charge in [0.05, 0.1) is 19.3 Å². The first kappa shape index (κ1) is 20.0. The second-order valence-corrected chi connectivity index (χ2v) is 8.52. The van der Waals surface area contributed by atoms with Gasteiger partial charge in [0.15, 0.2) is 0 Å². The minimum Gasteiger partial charge on any atom is -0.444 e. The first-order chi connectivity index (χ1) is 12.7. The highest BCUT2D eigenvalue weighted by atomic mass is 35.5. The molecule has 1 fully saturated rings. The van der Waals surface area contributed by atoms with E-state index in [-0.39, 0.29) is 18.0 Å². The number of halogens is 1. The average molecular weight is 395 g/mol. The molecule has 148 valence electrons. The fraction of sp³-hybridized carbons (Fsp3) is 0.600. The van der Waals surface area contributed by atoms with Crippen molar-refractivity contribution in [3.63, 3.8) is 0 Å². The Morgan fingerprint density at radius 2 is 2.00 bits per heavy atom. The van der Waals surface area contributed by atoms with Crippen molar-refractivity contribution < 1.29 is 19.1 Å². The van der Waals surface area contributed by atoms with Crippen LogP contribution in [-0.2, 0) is 27.2 Å². The minimum atomic E-state index is -0.560. The largest absolute Gasteiger partial charge is 0.444 e. The van der Waals surface area contributed by atoms with Gasteiger partial charge in [-0.3, -0.25) is 9.69 Å². The summed E-state index contributed by atoms with van der Waals surface area (Å²) in [6, 6.07) is 3.59. The lowest BCUT2D eigenvalue weighted by atomic mass is 9.90. The molecular formula is C20H27ClN2O4. The van der Waals surface area contributed by atoms with E-state index in [2.05, 4.69) is 0 Å². The van der Waals surface area contributed by atoms with Gasteiger partial charge in [-0.25, -0.2) is 4.79 Å². The molecule has 0 radical (unpaired) electrons. The van der Waals surface area contributed by atoms with Crippen molar-refractivity contribution in [1.82, 2.24) is 9.80 Å². The number of nitrogens with zero attached hydrogens (tertiary/aromatic N) is 2. The highest BCUT2D eigenvalue weighted by Gasteiger charge is 2.34. The number of benzene rings is 1. The quantitative estimate of drug-likeness (QED) is 0.730. The number of hydrogen-bond acceptors (Lipinski definition) is 4. The highest BCUT2D eigenvalue weighted by molar-refractivity contribution is 6.30. The van der Waals surface area contributed by atoms with Crippen LogP contribution < -0.4 is 0 Å². The summed E-state index contributed by atoms with van der Waals surface area (Å²) in [5.41, 5.74) is 2.62. The third-order valence-corrected chi connectivity index (χ3v) is 5.11. The highest BCUT2D eigenvalue weighted by Crippen LogP contribution is 2.35. The van der Waals surface area contributed by atoms with Crippen molar-refractivity contribution in [3.05, 3.63) is 33.8 Å². The Morgan fingerprint density at radius 3 is 2.67 bits per heavy atom. The molecule has 0 N–H and O–H groups in total. The maximum atomic E-state index is 12.8. The van der Waals surface area contributed by atoms with Crippen LogP contribution in [0.25, 0.3) is 0 Å². The molecule has 6 nitrogen and oxygen atoms in total. The van der Waals surface area contributed by atoms with Gasteiger partial charge in [0, 0.05) is 31.6 Å². The summed E-state index contributed by atoms with van der Waals surface area (Å²) in [5, 5.41) is 0.601. The molecular weight excluding hydrogens is 368 g/mol. The maximum absolute atomic E-state index is 12.8. The van der Waals surface area contributed by atoms with Gasteiger partial charge >= 0.3 is 6.09 Å². The van der Waals surface area contributed by atoms with E-state index in [1.807, 2.05) is 37.8 Å². The SMILES string of the molecule is CC(=O)N1CCc2c(cc(Cl)cc2C2COCCN2C(=O)OC(C)(C)C)C1. The van der Waals surface area contributed by atoms with Crippen molar-refractivity contribution in [1.29, 1.82) is 0 Å². The molecule has 1 unspecified atom stereocenters. The van der Waals surface area contributed by atoms with Crippen LogP contribution in [0.15, 0.2) is 12.1 Å². The van der Waals surface area contributed by atoms with Gasteiger partial charge in [-0.15, -0.1) is 0 Å². The number of fused-ring (bicyclic) bond motifs is 1.